The predicted octanol–water partition coefficient (Wildman–Crippen LogP) is 0.758. The zero-order valence-electron chi connectivity index (χ0n) is 9.97. The molecular formula is C9H22N4O3. The molecule has 0 amide bonds. The normalized spacial score (nSPS) is 10.1. The smallest absolute Gasteiger partial charge is 0.321 e. The topological polar surface area (TPSA) is 83.7 Å². The summed E-state index contributed by atoms with van der Waals surface area (Å²) in [5.74, 6) is 0. The van der Waals surface area contributed by atoms with E-state index in [0.717, 1.165) is 38.8 Å². The second-order valence-corrected chi connectivity index (χ2v) is 3.22. The van der Waals surface area contributed by atoms with Crippen molar-refractivity contribution in [1.29, 1.82) is 0 Å². The second kappa shape index (κ2) is 12.2. The molecule has 0 aromatic heterocycles. The third-order valence-corrected chi connectivity index (χ3v) is 1.72. The highest BCUT2D eigenvalue weighted by Gasteiger charge is 2.02. The first-order valence-corrected chi connectivity index (χ1v) is 5.64. The standard InChI is InChI=1S/C9H22N4O3/c1-3-5-7-10-12-15-9(14)16-13-11-8-6-4-2/h10-13H,3-8H2,1-2H3. The number of hydrogen-bond donors (Lipinski definition) is 4. The molecule has 16 heavy (non-hydrogen) atoms. The minimum atomic E-state index is -0.854. The van der Waals surface area contributed by atoms with Crippen LogP contribution in [0.1, 0.15) is 39.5 Å². The van der Waals surface area contributed by atoms with Crippen LogP contribution in [0, 0.1) is 0 Å². The van der Waals surface area contributed by atoms with Crippen LogP contribution in [0.4, 0.5) is 4.79 Å². The van der Waals surface area contributed by atoms with E-state index < -0.39 is 6.16 Å². The lowest BCUT2D eigenvalue weighted by Crippen LogP contribution is -2.39. The molecule has 0 bridgehead atoms. The molecule has 0 spiro atoms. The zero-order chi connectivity index (χ0) is 12.1. The van der Waals surface area contributed by atoms with Gasteiger partial charge in [-0.2, -0.15) is 4.79 Å². The first-order chi connectivity index (χ1) is 7.81. The van der Waals surface area contributed by atoms with E-state index in [2.05, 4.69) is 45.6 Å². The highest BCUT2D eigenvalue weighted by Crippen LogP contribution is 1.82. The maximum atomic E-state index is 10.9. The summed E-state index contributed by atoms with van der Waals surface area (Å²) in [5, 5.41) is 0. The number of hydrogen-bond acceptors (Lipinski definition) is 7. The fourth-order valence-corrected chi connectivity index (χ4v) is 0.809. The SMILES string of the molecule is CCCCNNOC(=O)ONNCCCC. The van der Waals surface area contributed by atoms with Crippen LogP contribution in [0.5, 0.6) is 0 Å². The van der Waals surface area contributed by atoms with Gasteiger partial charge in [0.1, 0.15) is 0 Å². The summed E-state index contributed by atoms with van der Waals surface area (Å²) in [6.45, 7) is 5.60. The second-order valence-electron chi connectivity index (χ2n) is 3.22. The Morgan fingerprint density at radius 3 is 1.75 bits per heavy atom. The highest BCUT2D eigenvalue weighted by atomic mass is 16.9. The zero-order valence-corrected chi connectivity index (χ0v) is 9.97. The lowest BCUT2D eigenvalue weighted by atomic mass is 10.3. The number of rotatable bonds is 10. The summed E-state index contributed by atoms with van der Waals surface area (Å²) in [4.78, 5) is 19.8. The maximum absolute atomic E-state index is 10.9. The van der Waals surface area contributed by atoms with E-state index in [9.17, 15) is 4.79 Å². The molecule has 0 radical (unpaired) electrons. The van der Waals surface area contributed by atoms with Gasteiger partial charge in [-0.05, 0) is 12.8 Å². The van der Waals surface area contributed by atoms with Gasteiger partial charge in [0.15, 0.2) is 0 Å². The van der Waals surface area contributed by atoms with Gasteiger partial charge in [0.05, 0.1) is 0 Å². The van der Waals surface area contributed by atoms with Crippen LogP contribution in [0.3, 0.4) is 0 Å². The summed E-state index contributed by atoms with van der Waals surface area (Å²) in [7, 11) is 0. The van der Waals surface area contributed by atoms with Gasteiger partial charge in [0, 0.05) is 13.1 Å². The Kier molecular flexibility index (Phi) is 11.5. The van der Waals surface area contributed by atoms with Gasteiger partial charge in [-0.3, -0.25) is 0 Å². The van der Waals surface area contributed by atoms with E-state index in [0.29, 0.717) is 0 Å². The van der Waals surface area contributed by atoms with Gasteiger partial charge in [0.2, 0.25) is 0 Å². The Hall–Kier alpha value is -0.890. The molecule has 0 atom stereocenters. The van der Waals surface area contributed by atoms with E-state index in [1.54, 1.807) is 0 Å². The van der Waals surface area contributed by atoms with Gasteiger partial charge in [-0.25, -0.2) is 10.9 Å². The molecule has 0 unspecified atom stereocenters. The summed E-state index contributed by atoms with van der Waals surface area (Å²) in [6.07, 6.45) is 3.29. The summed E-state index contributed by atoms with van der Waals surface area (Å²) < 4.78 is 0. The molecule has 0 rings (SSSR count). The van der Waals surface area contributed by atoms with Crippen LogP contribution in [0.15, 0.2) is 0 Å². The molecule has 0 heterocycles. The molecule has 4 N–H and O–H groups in total. The van der Waals surface area contributed by atoms with Crippen LogP contribution in [0.2, 0.25) is 0 Å². The Morgan fingerprint density at radius 2 is 1.38 bits per heavy atom. The monoisotopic (exact) mass is 234 g/mol. The van der Waals surface area contributed by atoms with Crippen LogP contribution in [-0.2, 0) is 9.68 Å². The van der Waals surface area contributed by atoms with Crippen molar-refractivity contribution in [3.63, 3.8) is 0 Å². The van der Waals surface area contributed by atoms with Crippen LogP contribution in [0.25, 0.3) is 0 Å². The number of unbranched alkanes of at least 4 members (excludes halogenated alkanes) is 2. The number of hydrazine groups is 2. The lowest BCUT2D eigenvalue weighted by molar-refractivity contribution is -0.0367. The van der Waals surface area contributed by atoms with Gasteiger partial charge < -0.3 is 9.68 Å². The molecule has 96 valence electrons. The highest BCUT2D eigenvalue weighted by molar-refractivity contribution is 5.58. The third-order valence-electron chi connectivity index (χ3n) is 1.72. The number of nitrogens with one attached hydrogen (secondary N) is 4. The van der Waals surface area contributed by atoms with Crippen LogP contribution < -0.4 is 22.0 Å². The van der Waals surface area contributed by atoms with Crippen molar-refractivity contribution in [2.45, 2.75) is 39.5 Å². The minimum Gasteiger partial charge on any atom is -0.321 e. The molecule has 7 nitrogen and oxygen atoms in total. The van der Waals surface area contributed by atoms with Crippen molar-refractivity contribution < 1.29 is 14.5 Å². The van der Waals surface area contributed by atoms with E-state index in [1.165, 1.54) is 0 Å². The third kappa shape index (κ3) is 11.2. The summed E-state index contributed by atoms with van der Waals surface area (Å²) in [6, 6.07) is 0. The largest absolute Gasteiger partial charge is 0.549 e. The number of carbonyl (C=O) groups excluding carboxylic acids is 1. The molecule has 0 saturated heterocycles. The van der Waals surface area contributed by atoms with E-state index >= 15 is 0 Å². The van der Waals surface area contributed by atoms with Crippen molar-refractivity contribution in [2.75, 3.05) is 13.1 Å². The van der Waals surface area contributed by atoms with Crippen molar-refractivity contribution in [1.82, 2.24) is 22.0 Å². The van der Waals surface area contributed by atoms with Crippen molar-refractivity contribution >= 4 is 6.16 Å². The molecule has 7 heteroatoms. The Bertz CT molecular complexity index is 153. The van der Waals surface area contributed by atoms with E-state index in [1.807, 2.05) is 0 Å². The van der Waals surface area contributed by atoms with Crippen molar-refractivity contribution in [2.24, 2.45) is 0 Å². The first kappa shape index (κ1) is 15.1. The van der Waals surface area contributed by atoms with Gasteiger partial charge in [-0.1, -0.05) is 37.9 Å². The van der Waals surface area contributed by atoms with Crippen molar-refractivity contribution in [3.05, 3.63) is 0 Å². The Morgan fingerprint density at radius 1 is 0.938 bits per heavy atom. The minimum absolute atomic E-state index is 0.728. The molecule has 0 aliphatic carbocycles. The fourth-order valence-electron chi connectivity index (χ4n) is 0.809. The summed E-state index contributed by atoms with van der Waals surface area (Å²) >= 11 is 0. The average Bonchev–Trinajstić information content (AvgIpc) is 2.28. The van der Waals surface area contributed by atoms with Crippen LogP contribution >= 0.6 is 0 Å². The Balaban J connectivity index is 3.12. The van der Waals surface area contributed by atoms with E-state index in [-0.39, 0.29) is 0 Å². The van der Waals surface area contributed by atoms with E-state index in [4.69, 9.17) is 0 Å². The molecule has 0 aliphatic rings. The predicted molar refractivity (Wildman–Crippen MR) is 59.7 cm³/mol. The average molecular weight is 234 g/mol. The molecule has 0 saturated carbocycles. The quantitative estimate of drug-likeness (QED) is 0.328. The first-order valence-electron chi connectivity index (χ1n) is 5.64. The van der Waals surface area contributed by atoms with Crippen molar-refractivity contribution in [3.8, 4) is 0 Å². The molecule has 0 aromatic carbocycles. The fraction of sp³-hybridized carbons (Fsp3) is 0.889. The molecule has 0 fully saturated rings. The molecule has 0 aliphatic heterocycles. The van der Waals surface area contributed by atoms with Gasteiger partial charge in [-0.15, -0.1) is 0 Å². The van der Waals surface area contributed by atoms with Gasteiger partial charge >= 0.3 is 6.16 Å². The Labute approximate surface area is 96.1 Å². The summed E-state index contributed by atoms with van der Waals surface area (Å²) in [5.41, 5.74) is 9.97. The van der Waals surface area contributed by atoms with Gasteiger partial charge in [0.25, 0.3) is 0 Å². The van der Waals surface area contributed by atoms with Crippen LogP contribution in [-0.4, -0.2) is 19.2 Å². The number of carbonyl (C=O) groups is 1. The lowest BCUT2D eigenvalue weighted by Gasteiger charge is -2.08. The maximum Gasteiger partial charge on any atom is 0.549 e. The molecule has 0 aromatic rings. The molecular weight excluding hydrogens is 212 g/mol.